The van der Waals surface area contributed by atoms with E-state index >= 15 is 0 Å². The molecule has 19 heavy (non-hydrogen) atoms. The summed E-state index contributed by atoms with van der Waals surface area (Å²) in [7, 11) is 0. The zero-order chi connectivity index (χ0) is 14.0. The van der Waals surface area contributed by atoms with Gasteiger partial charge in [0.25, 0.3) is 0 Å². The molecular formula is C15H27N3S. The van der Waals surface area contributed by atoms with Crippen LogP contribution >= 0.6 is 11.3 Å². The molecule has 4 heteroatoms. The summed E-state index contributed by atoms with van der Waals surface area (Å²) in [6.45, 7) is 13.7. The molecule has 108 valence electrons. The lowest BCUT2D eigenvalue weighted by Crippen LogP contribution is -2.62. The quantitative estimate of drug-likeness (QED) is 0.919. The van der Waals surface area contributed by atoms with Gasteiger partial charge in [0.1, 0.15) is 5.01 Å². The summed E-state index contributed by atoms with van der Waals surface area (Å²) in [5.41, 5.74) is 0.0318. The highest BCUT2D eigenvalue weighted by molar-refractivity contribution is 7.09. The molecule has 2 heterocycles. The van der Waals surface area contributed by atoms with E-state index in [0.29, 0.717) is 18.0 Å². The molecule has 1 aromatic rings. The molecule has 0 saturated carbocycles. The number of nitrogens with one attached hydrogen (secondary N) is 1. The molecule has 1 fully saturated rings. The minimum atomic E-state index is 0.0318. The second kappa shape index (κ2) is 5.90. The zero-order valence-corrected chi connectivity index (χ0v) is 13.6. The van der Waals surface area contributed by atoms with Gasteiger partial charge in [0, 0.05) is 36.8 Å². The Balaban J connectivity index is 2.22. The number of aromatic nitrogens is 1. The average molecular weight is 281 g/mol. The first kappa shape index (κ1) is 14.9. The summed E-state index contributed by atoms with van der Waals surface area (Å²) in [4.78, 5) is 7.22. The van der Waals surface area contributed by atoms with Crippen molar-refractivity contribution >= 4 is 11.3 Å². The van der Waals surface area contributed by atoms with Gasteiger partial charge in [0.15, 0.2) is 0 Å². The SMILES string of the molecule is CCC1CNC(C(C)C)CN1C(C)(C)c1nccs1. The standard InChI is InChI=1S/C15H27N3S/c1-6-12-9-17-13(11(2)3)10-18(12)15(4,5)14-16-7-8-19-14/h7-8,11-13,17H,6,9-10H2,1-5H3. The van der Waals surface area contributed by atoms with E-state index in [4.69, 9.17) is 0 Å². The summed E-state index contributed by atoms with van der Waals surface area (Å²) in [5.74, 6) is 0.674. The molecule has 1 aliphatic heterocycles. The third-order valence-corrected chi connectivity index (χ3v) is 5.49. The molecule has 2 atom stereocenters. The summed E-state index contributed by atoms with van der Waals surface area (Å²) in [6.07, 6.45) is 3.11. The normalized spacial score (nSPS) is 26.0. The average Bonchev–Trinajstić information content (AvgIpc) is 2.92. The second-order valence-corrected chi connectivity index (χ2v) is 7.26. The Kier molecular flexibility index (Phi) is 4.64. The van der Waals surface area contributed by atoms with Crippen molar-refractivity contribution in [1.82, 2.24) is 15.2 Å². The maximum absolute atomic E-state index is 4.56. The second-order valence-electron chi connectivity index (χ2n) is 6.37. The highest BCUT2D eigenvalue weighted by Gasteiger charge is 2.39. The Morgan fingerprint density at radius 3 is 2.79 bits per heavy atom. The van der Waals surface area contributed by atoms with Crippen LogP contribution in [0.3, 0.4) is 0 Å². The Hall–Kier alpha value is -0.450. The van der Waals surface area contributed by atoms with E-state index < -0.39 is 0 Å². The fraction of sp³-hybridized carbons (Fsp3) is 0.800. The van der Waals surface area contributed by atoms with Crippen molar-refractivity contribution in [2.24, 2.45) is 5.92 Å². The van der Waals surface area contributed by atoms with Gasteiger partial charge in [0.05, 0.1) is 5.54 Å². The minimum absolute atomic E-state index is 0.0318. The summed E-state index contributed by atoms with van der Waals surface area (Å²) >= 11 is 1.77. The third-order valence-electron chi connectivity index (χ3n) is 4.40. The molecule has 1 aliphatic rings. The molecule has 2 unspecified atom stereocenters. The number of nitrogens with zero attached hydrogens (tertiary/aromatic N) is 2. The molecule has 0 aliphatic carbocycles. The maximum Gasteiger partial charge on any atom is 0.112 e. The first-order valence-corrected chi connectivity index (χ1v) is 8.24. The fourth-order valence-electron chi connectivity index (χ4n) is 2.97. The van der Waals surface area contributed by atoms with E-state index in [2.05, 4.69) is 55.2 Å². The van der Waals surface area contributed by atoms with Gasteiger partial charge in [-0.25, -0.2) is 4.98 Å². The molecule has 0 radical (unpaired) electrons. The zero-order valence-electron chi connectivity index (χ0n) is 12.8. The molecule has 0 aromatic carbocycles. The van der Waals surface area contributed by atoms with E-state index in [-0.39, 0.29) is 5.54 Å². The predicted octanol–water partition coefficient (Wildman–Crippen LogP) is 3.09. The van der Waals surface area contributed by atoms with Crippen molar-refractivity contribution in [2.45, 2.75) is 58.7 Å². The summed E-state index contributed by atoms with van der Waals surface area (Å²) in [5, 5.41) is 7.02. The van der Waals surface area contributed by atoms with Gasteiger partial charge in [-0.05, 0) is 26.2 Å². The Morgan fingerprint density at radius 2 is 2.26 bits per heavy atom. The van der Waals surface area contributed by atoms with Crippen LogP contribution in [0.15, 0.2) is 11.6 Å². The first-order chi connectivity index (χ1) is 8.96. The lowest BCUT2D eigenvalue weighted by atomic mass is 9.92. The van der Waals surface area contributed by atoms with Gasteiger partial charge in [-0.15, -0.1) is 11.3 Å². The van der Waals surface area contributed by atoms with Crippen molar-refractivity contribution < 1.29 is 0 Å². The van der Waals surface area contributed by atoms with Gasteiger partial charge in [-0.3, -0.25) is 4.90 Å². The lowest BCUT2D eigenvalue weighted by Gasteiger charge is -2.49. The van der Waals surface area contributed by atoms with E-state index in [9.17, 15) is 0 Å². The number of thiazole rings is 1. The monoisotopic (exact) mass is 281 g/mol. The predicted molar refractivity (Wildman–Crippen MR) is 82.6 cm³/mol. The smallest absolute Gasteiger partial charge is 0.112 e. The van der Waals surface area contributed by atoms with E-state index in [1.165, 1.54) is 11.4 Å². The van der Waals surface area contributed by atoms with Gasteiger partial charge >= 0.3 is 0 Å². The molecule has 1 aromatic heterocycles. The van der Waals surface area contributed by atoms with E-state index in [0.717, 1.165) is 13.1 Å². The molecule has 0 bridgehead atoms. The van der Waals surface area contributed by atoms with Gasteiger partial charge in [-0.1, -0.05) is 20.8 Å². The van der Waals surface area contributed by atoms with Crippen LogP contribution in [0.1, 0.15) is 46.0 Å². The first-order valence-electron chi connectivity index (χ1n) is 7.37. The number of hydrogen-bond donors (Lipinski definition) is 1. The maximum atomic E-state index is 4.56. The molecule has 1 saturated heterocycles. The Bertz CT molecular complexity index is 386. The number of rotatable bonds is 4. The number of piperazine rings is 1. The van der Waals surface area contributed by atoms with Gasteiger partial charge in [0.2, 0.25) is 0 Å². The Labute approximate surface area is 121 Å². The minimum Gasteiger partial charge on any atom is -0.311 e. The topological polar surface area (TPSA) is 28.2 Å². The summed E-state index contributed by atoms with van der Waals surface area (Å²) < 4.78 is 0. The van der Waals surface area contributed by atoms with Crippen LogP contribution in [0.4, 0.5) is 0 Å². The third kappa shape index (κ3) is 3.01. The number of hydrogen-bond acceptors (Lipinski definition) is 4. The van der Waals surface area contributed by atoms with Crippen molar-refractivity contribution in [2.75, 3.05) is 13.1 Å². The van der Waals surface area contributed by atoms with Crippen LogP contribution in [-0.4, -0.2) is 35.1 Å². The highest BCUT2D eigenvalue weighted by atomic mass is 32.1. The Morgan fingerprint density at radius 1 is 1.53 bits per heavy atom. The van der Waals surface area contributed by atoms with Gasteiger partial charge < -0.3 is 5.32 Å². The van der Waals surface area contributed by atoms with Crippen LogP contribution in [0.25, 0.3) is 0 Å². The van der Waals surface area contributed by atoms with Crippen LogP contribution in [0, 0.1) is 5.92 Å². The van der Waals surface area contributed by atoms with Crippen molar-refractivity contribution in [3.05, 3.63) is 16.6 Å². The summed E-state index contributed by atoms with van der Waals surface area (Å²) in [6, 6.07) is 1.19. The fourth-order valence-corrected chi connectivity index (χ4v) is 3.75. The van der Waals surface area contributed by atoms with Crippen molar-refractivity contribution in [3.63, 3.8) is 0 Å². The van der Waals surface area contributed by atoms with E-state index in [1.807, 2.05) is 6.20 Å². The lowest BCUT2D eigenvalue weighted by molar-refractivity contribution is 0.0178. The largest absolute Gasteiger partial charge is 0.311 e. The van der Waals surface area contributed by atoms with Gasteiger partial charge in [-0.2, -0.15) is 0 Å². The molecule has 2 rings (SSSR count). The van der Waals surface area contributed by atoms with Crippen LogP contribution < -0.4 is 5.32 Å². The molecular weight excluding hydrogens is 254 g/mol. The molecule has 0 spiro atoms. The van der Waals surface area contributed by atoms with Crippen molar-refractivity contribution in [1.29, 1.82) is 0 Å². The van der Waals surface area contributed by atoms with Crippen LogP contribution in [0.5, 0.6) is 0 Å². The molecule has 0 amide bonds. The molecule has 1 N–H and O–H groups in total. The highest BCUT2D eigenvalue weighted by Crippen LogP contribution is 2.33. The van der Waals surface area contributed by atoms with Crippen LogP contribution in [-0.2, 0) is 5.54 Å². The van der Waals surface area contributed by atoms with Crippen LogP contribution in [0.2, 0.25) is 0 Å². The van der Waals surface area contributed by atoms with E-state index in [1.54, 1.807) is 11.3 Å². The van der Waals surface area contributed by atoms with Crippen molar-refractivity contribution in [3.8, 4) is 0 Å². The molecule has 3 nitrogen and oxygen atoms in total.